The molecule has 1 N–H and O–H groups in total. The fraction of sp³-hybridized carbons (Fsp3) is 0.350. The maximum absolute atomic E-state index is 12.3. The molecule has 11 heteroatoms. The van der Waals surface area contributed by atoms with Crippen LogP contribution in [0, 0.1) is 0 Å². The monoisotopic (exact) mass is 463 g/mol. The smallest absolute Gasteiger partial charge is 0.341 e. The van der Waals surface area contributed by atoms with Gasteiger partial charge in [0.1, 0.15) is 9.83 Å². The van der Waals surface area contributed by atoms with Crippen molar-refractivity contribution in [2.45, 2.75) is 33.2 Å². The minimum absolute atomic E-state index is 0.0857. The number of anilines is 1. The normalized spacial score (nSPS) is 10.8. The second kappa shape index (κ2) is 10.3. The Balaban J connectivity index is 1.53. The van der Waals surface area contributed by atoms with Crippen molar-refractivity contribution in [1.29, 1.82) is 0 Å². The van der Waals surface area contributed by atoms with Crippen molar-refractivity contribution < 1.29 is 23.9 Å². The summed E-state index contributed by atoms with van der Waals surface area (Å²) in [4.78, 5) is 54.3. The van der Waals surface area contributed by atoms with Crippen LogP contribution >= 0.6 is 22.7 Å². The molecule has 3 aromatic rings. The van der Waals surface area contributed by atoms with E-state index in [4.69, 9.17) is 9.47 Å². The van der Waals surface area contributed by atoms with Crippen LogP contribution < -0.4 is 10.9 Å². The van der Waals surface area contributed by atoms with Crippen molar-refractivity contribution in [1.82, 2.24) is 9.55 Å². The van der Waals surface area contributed by atoms with Gasteiger partial charge < -0.3 is 14.8 Å². The van der Waals surface area contributed by atoms with E-state index < -0.39 is 24.5 Å². The Morgan fingerprint density at radius 3 is 2.77 bits per heavy atom. The molecule has 0 unspecified atom stereocenters. The Labute approximate surface area is 185 Å². The van der Waals surface area contributed by atoms with Crippen molar-refractivity contribution in [3.05, 3.63) is 44.6 Å². The van der Waals surface area contributed by atoms with Gasteiger partial charge >= 0.3 is 11.9 Å². The van der Waals surface area contributed by atoms with Gasteiger partial charge in [0.15, 0.2) is 6.61 Å². The lowest BCUT2D eigenvalue weighted by Crippen LogP contribution is -2.24. The summed E-state index contributed by atoms with van der Waals surface area (Å²) in [7, 11) is 0. The topological polar surface area (TPSA) is 117 Å². The third kappa shape index (κ3) is 5.56. The fourth-order valence-corrected chi connectivity index (χ4v) is 4.44. The zero-order valence-electron chi connectivity index (χ0n) is 17.0. The Morgan fingerprint density at radius 1 is 1.23 bits per heavy atom. The number of ether oxygens (including phenoxy) is 2. The number of hydrogen-bond donors (Lipinski definition) is 1. The molecule has 31 heavy (non-hydrogen) atoms. The number of aromatic nitrogens is 2. The van der Waals surface area contributed by atoms with Crippen LogP contribution in [-0.2, 0) is 32.0 Å². The SMILES string of the molecule is CCOC(=O)c1cc(CC)sc1NC(=O)COC(=O)CCn1cnc2sccc2c1=O. The highest BCUT2D eigenvalue weighted by atomic mass is 32.1. The van der Waals surface area contributed by atoms with Crippen LogP contribution in [0.5, 0.6) is 0 Å². The number of nitrogens with one attached hydrogen (secondary N) is 1. The molecule has 0 fully saturated rings. The Morgan fingerprint density at radius 2 is 2.03 bits per heavy atom. The Hall–Kier alpha value is -3.05. The highest BCUT2D eigenvalue weighted by molar-refractivity contribution is 7.17. The number of nitrogens with zero attached hydrogens (tertiary/aromatic N) is 2. The summed E-state index contributed by atoms with van der Waals surface area (Å²) in [5.74, 6) is -1.71. The van der Waals surface area contributed by atoms with Gasteiger partial charge in [0, 0.05) is 11.4 Å². The zero-order chi connectivity index (χ0) is 22.4. The Kier molecular flexibility index (Phi) is 7.53. The van der Waals surface area contributed by atoms with E-state index >= 15 is 0 Å². The molecule has 0 aromatic carbocycles. The summed E-state index contributed by atoms with van der Waals surface area (Å²) >= 11 is 2.64. The number of amides is 1. The van der Waals surface area contributed by atoms with Gasteiger partial charge in [-0.05, 0) is 30.9 Å². The minimum Gasteiger partial charge on any atom is -0.462 e. The molecule has 0 aliphatic heterocycles. The van der Waals surface area contributed by atoms with Gasteiger partial charge in [-0.3, -0.25) is 19.0 Å². The van der Waals surface area contributed by atoms with Gasteiger partial charge in [-0.2, -0.15) is 0 Å². The summed E-state index contributed by atoms with van der Waals surface area (Å²) in [6.07, 6.45) is 2.01. The first kappa shape index (κ1) is 22.6. The minimum atomic E-state index is -0.626. The third-order valence-electron chi connectivity index (χ3n) is 4.25. The molecule has 0 atom stereocenters. The van der Waals surface area contributed by atoms with E-state index in [1.807, 2.05) is 6.92 Å². The van der Waals surface area contributed by atoms with Gasteiger partial charge in [0.25, 0.3) is 11.5 Å². The van der Waals surface area contributed by atoms with E-state index in [-0.39, 0.29) is 30.7 Å². The van der Waals surface area contributed by atoms with E-state index in [2.05, 4.69) is 10.3 Å². The van der Waals surface area contributed by atoms with Gasteiger partial charge in [0.05, 0.1) is 30.3 Å². The zero-order valence-corrected chi connectivity index (χ0v) is 18.6. The Bertz CT molecular complexity index is 1160. The van der Waals surface area contributed by atoms with E-state index in [1.54, 1.807) is 24.4 Å². The van der Waals surface area contributed by atoms with Gasteiger partial charge in [0.2, 0.25) is 0 Å². The second-order valence-corrected chi connectivity index (χ2v) is 8.40. The molecule has 3 heterocycles. The molecule has 9 nitrogen and oxygen atoms in total. The summed E-state index contributed by atoms with van der Waals surface area (Å²) in [6, 6.07) is 3.37. The number of carbonyl (C=O) groups is 3. The molecular formula is C20H21N3O6S2. The second-order valence-electron chi connectivity index (χ2n) is 6.37. The predicted octanol–water partition coefficient (Wildman–Crippen LogP) is 2.83. The quantitative estimate of drug-likeness (QED) is 0.485. The van der Waals surface area contributed by atoms with Crippen LogP contribution in [0.15, 0.2) is 28.6 Å². The molecule has 0 aliphatic rings. The number of fused-ring (bicyclic) bond motifs is 1. The summed E-state index contributed by atoms with van der Waals surface area (Å²) in [6.45, 7) is 3.45. The fourth-order valence-electron chi connectivity index (χ4n) is 2.71. The van der Waals surface area contributed by atoms with Crippen LogP contribution in [0.4, 0.5) is 5.00 Å². The van der Waals surface area contributed by atoms with Crippen molar-refractivity contribution in [2.75, 3.05) is 18.5 Å². The molecule has 1 amide bonds. The first-order valence-electron chi connectivity index (χ1n) is 9.60. The van der Waals surface area contributed by atoms with Crippen LogP contribution in [0.25, 0.3) is 10.2 Å². The average molecular weight is 464 g/mol. The van der Waals surface area contributed by atoms with Gasteiger partial charge in [-0.25, -0.2) is 9.78 Å². The van der Waals surface area contributed by atoms with Gasteiger partial charge in [-0.15, -0.1) is 22.7 Å². The van der Waals surface area contributed by atoms with E-state index in [0.717, 1.165) is 4.88 Å². The van der Waals surface area contributed by atoms with Crippen LogP contribution in [0.1, 0.15) is 35.5 Å². The molecule has 0 saturated heterocycles. The number of hydrogen-bond acceptors (Lipinski definition) is 9. The maximum atomic E-state index is 12.3. The van der Waals surface area contributed by atoms with Crippen LogP contribution in [-0.4, -0.2) is 40.6 Å². The van der Waals surface area contributed by atoms with E-state index in [0.29, 0.717) is 21.6 Å². The van der Waals surface area contributed by atoms with Crippen LogP contribution in [0.3, 0.4) is 0 Å². The molecule has 0 saturated carbocycles. The summed E-state index contributed by atoms with van der Waals surface area (Å²) < 4.78 is 11.3. The summed E-state index contributed by atoms with van der Waals surface area (Å²) in [5, 5.41) is 5.24. The first-order chi connectivity index (χ1) is 14.9. The number of carbonyl (C=O) groups excluding carboxylic acids is 3. The third-order valence-corrected chi connectivity index (χ3v) is 6.27. The highest BCUT2D eigenvalue weighted by Gasteiger charge is 2.19. The molecule has 3 rings (SSSR count). The van der Waals surface area contributed by atoms with Crippen molar-refractivity contribution in [3.8, 4) is 0 Å². The lowest BCUT2D eigenvalue weighted by atomic mass is 10.2. The average Bonchev–Trinajstić information content (AvgIpc) is 3.39. The molecular weight excluding hydrogens is 442 g/mol. The van der Waals surface area contributed by atoms with Crippen molar-refractivity contribution >= 4 is 55.7 Å². The van der Waals surface area contributed by atoms with E-state index in [9.17, 15) is 19.2 Å². The van der Waals surface area contributed by atoms with Crippen LogP contribution in [0.2, 0.25) is 0 Å². The lowest BCUT2D eigenvalue weighted by Gasteiger charge is -2.08. The maximum Gasteiger partial charge on any atom is 0.341 e. The molecule has 164 valence electrons. The van der Waals surface area contributed by atoms with Crippen molar-refractivity contribution in [2.24, 2.45) is 0 Å². The standard InChI is InChI=1S/C20H21N3O6S2/c1-3-12-9-14(20(27)28-4-2)18(31-12)22-15(24)10-29-16(25)5-7-23-11-21-17-13(19(23)26)6-8-30-17/h6,8-9,11H,3-5,7,10H2,1-2H3,(H,22,24). The predicted molar refractivity (Wildman–Crippen MR) is 118 cm³/mol. The number of rotatable bonds is 9. The number of thiophene rings is 2. The molecule has 0 bridgehead atoms. The molecule has 0 radical (unpaired) electrons. The van der Waals surface area contributed by atoms with Gasteiger partial charge in [-0.1, -0.05) is 6.92 Å². The molecule has 3 aromatic heterocycles. The highest BCUT2D eigenvalue weighted by Crippen LogP contribution is 2.29. The largest absolute Gasteiger partial charge is 0.462 e. The summed E-state index contributed by atoms with van der Waals surface area (Å²) in [5.41, 5.74) is 0.0479. The van der Waals surface area contributed by atoms with Crippen molar-refractivity contribution in [3.63, 3.8) is 0 Å². The lowest BCUT2D eigenvalue weighted by molar-refractivity contribution is -0.147. The number of aryl methyl sites for hydroxylation is 2. The molecule has 0 spiro atoms. The molecule has 0 aliphatic carbocycles. The first-order valence-corrected chi connectivity index (χ1v) is 11.3. The number of esters is 2. The van der Waals surface area contributed by atoms with E-state index in [1.165, 1.54) is 33.6 Å².